The number of sulfonamides is 1. The van der Waals surface area contributed by atoms with Gasteiger partial charge in [0.25, 0.3) is 10.0 Å². The van der Waals surface area contributed by atoms with E-state index in [2.05, 4.69) is 24.3 Å². The van der Waals surface area contributed by atoms with Crippen LogP contribution in [0.3, 0.4) is 0 Å². The van der Waals surface area contributed by atoms with Gasteiger partial charge in [0.15, 0.2) is 0 Å². The van der Waals surface area contributed by atoms with E-state index in [9.17, 15) is 8.42 Å². The molecule has 0 radical (unpaired) electrons. The third-order valence-corrected chi connectivity index (χ3v) is 8.30. The molecule has 4 rings (SSSR count). The van der Waals surface area contributed by atoms with Crippen LogP contribution in [0.1, 0.15) is 24.0 Å². The molecule has 0 aliphatic heterocycles. The van der Waals surface area contributed by atoms with Crippen LogP contribution in [0.5, 0.6) is 0 Å². The minimum atomic E-state index is -3.60. The van der Waals surface area contributed by atoms with Crippen molar-refractivity contribution < 1.29 is 8.42 Å². The maximum atomic E-state index is 12.8. The van der Waals surface area contributed by atoms with Gasteiger partial charge in [-0.3, -0.25) is 5.84 Å². The van der Waals surface area contributed by atoms with Crippen molar-refractivity contribution in [3.05, 3.63) is 52.9 Å². The van der Waals surface area contributed by atoms with Crippen molar-refractivity contribution in [3.8, 4) is 0 Å². The van der Waals surface area contributed by atoms with Crippen molar-refractivity contribution in [1.29, 1.82) is 0 Å². The van der Waals surface area contributed by atoms with Crippen molar-refractivity contribution in [3.63, 3.8) is 0 Å². The Hall–Kier alpha value is -1.21. The highest BCUT2D eigenvalue weighted by Gasteiger charge is 2.45. The van der Waals surface area contributed by atoms with Crippen LogP contribution in [-0.4, -0.2) is 18.9 Å². The third kappa shape index (κ3) is 2.54. The summed E-state index contributed by atoms with van der Waals surface area (Å²) in [6.45, 7) is 0. The molecular formula is C17H20N2O2S2. The second kappa shape index (κ2) is 5.70. The molecule has 2 unspecified atom stereocenters. The Balaban J connectivity index is 1.68. The summed E-state index contributed by atoms with van der Waals surface area (Å²) < 4.78 is 27.1. The molecule has 3 atom stereocenters. The predicted molar refractivity (Wildman–Crippen MR) is 91.4 cm³/mol. The highest BCUT2D eigenvalue weighted by Crippen LogP contribution is 2.43. The van der Waals surface area contributed by atoms with Crippen LogP contribution in [-0.2, 0) is 22.9 Å². The molecule has 2 N–H and O–H groups in total. The van der Waals surface area contributed by atoms with Crippen molar-refractivity contribution in [1.82, 2.24) is 4.41 Å². The first-order valence-electron chi connectivity index (χ1n) is 7.97. The van der Waals surface area contributed by atoms with E-state index in [4.69, 9.17) is 5.84 Å². The van der Waals surface area contributed by atoms with Crippen molar-refractivity contribution in [2.24, 2.45) is 17.7 Å². The number of nitrogens with zero attached hydrogens (tertiary/aromatic N) is 1. The standard InChI is InChI=1S/C17H20N2O2S2/c18-19(23(20,21)16-6-3-9-22-16)17-14-7-8-15(17)11-13-5-2-1-4-12(13)10-14/h1-6,9,14-15,17H,7-8,10-11,18H2/t14-,15?,17?/m0/s1. The summed E-state index contributed by atoms with van der Waals surface area (Å²) in [4.78, 5) is 0. The number of fused-ring (bicyclic) bond motifs is 3. The van der Waals surface area contributed by atoms with Crippen LogP contribution in [0.2, 0.25) is 0 Å². The molecule has 2 aromatic rings. The summed E-state index contributed by atoms with van der Waals surface area (Å²) in [5.74, 6) is 6.81. The van der Waals surface area contributed by atoms with E-state index in [1.165, 1.54) is 26.9 Å². The molecule has 0 amide bonds. The van der Waals surface area contributed by atoms with Gasteiger partial charge in [0.05, 0.1) is 0 Å². The number of rotatable bonds is 3. The first-order valence-corrected chi connectivity index (χ1v) is 10.3. The summed E-state index contributed by atoms with van der Waals surface area (Å²) in [6, 6.07) is 11.7. The van der Waals surface area contributed by atoms with Gasteiger partial charge in [0, 0.05) is 6.04 Å². The quantitative estimate of drug-likeness (QED) is 0.685. The molecule has 2 bridgehead atoms. The monoisotopic (exact) mass is 348 g/mol. The van der Waals surface area contributed by atoms with Gasteiger partial charge < -0.3 is 0 Å². The predicted octanol–water partition coefficient (Wildman–Crippen LogP) is 2.81. The minimum Gasteiger partial charge on any atom is -0.254 e. The third-order valence-electron chi connectivity index (χ3n) is 5.28. The Bertz CT molecular complexity index is 769. The zero-order valence-electron chi connectivity index (χ0n) is 12.8. The Morgan fingerprint density at radius 2 is 1.61 bits per heavy atom. The molecule has 0 spiro atoms. The summed E-state index contributed by atoms with van der Waals surface area (Å²) >= 11 is 1.23. The fourth-order valence-electron chi connectivity index (χ4n) is 4.21. The topological polar surface area (TPSA) is 63.4 Å². The average molecular weight is 348 g/mol. The highest BCUT2D eigenvalue weighted by atomic mass is 32.2. The Morgan fingerprint density at radius 1 is 1.00 bits per heavy atom. The van der Waals surface area contributed by atoms with E-state index in [-0.39, 0.29) is 6.04 Å². The number of hydrogen-bond donors (Lipinski definition) is 1. The normalized spacial score (nSPS) is 27.0. The molecule has 122 valence electrons. The van der Waals surface area contributed by atoms with Gasteiger partial charge >= 0.3 is 0 Å². The summed E-state index contributed by atoms with van der Waals surface area (Å²) in [6.07, 6.45) is 3.95. The average Bonchev–Trinajstić information content (AvgIpc) is 3.14. The maximum absolute atomic E-state index is 12.8. The van der Waals surface area contributed by atoms with E-state index >= 15 is 0 Å². The van der Waals surface area contributed by atoms with Gasteiger partial charge in [-0.15, -0.1) is 15.8 Å². The van der Waals surface area contributed by atoms with Crippen LogP contribution >= 0.6 is 11.3 Å². The molecule has 0 saturated heterocycles. The van der Waals surface area contributed by atoms with E-state index in [0.29, 0.717) is 16.0 Å². The van der Waals surface area contributed by atoms with Gasteiger partial charge in [-0.05, 0) is 60.1 Å². The van der Waals surface area contributed by atoms with Crippen LogP contribution in [0.4, 0.5) is 0 Å². The molecular weight excluding hydrogens is 328 g/mol. The lowest BCUT2D eigenvalue weighted by atomic mass is 9.94. The lowest BCUT2D eigenvalue weighted by Crippen LogP contribution is -2.50. The highest BCUT2D eigenvalue weighted by molar-refractivity contribution is 7.91. The summed E-state index contributed by atoms with van der Waals surface area (Å²) in [5.41, 5.74) is 2.71. The first-order chi connectivity index (χ1) is 11.1. The molecule has 2 aliphatic carbocycles. The van der Waals surface area contributed by atoms with Crippen molar-refractivity contribution in [2.45, 2.75) is 35.9 Å². The second-order valence-corrected chi connectivity index (χ2v) is 9.55. The molecule has 23 heavy (non-hydrogen) atoms. The van der Waals surface area contributed by atoms with Crippen molar-refractivity contribution in [2.75, 3.05) is 0 Å². The van der Waals surface area contributed by atoms with Crippen LogP contribution in [0, 0.1) is 11.8 Å². The van der Waals surface area contributed by atoms with E-state index in [0.717, 1.165) is 25.7 Å². The molecule has 4 nitrogen and oxygen atoms in total. The SMILES string of the molecule is NN(C1C2CC[C@H]1Cc1ccccc1C2)S(=O)(=O)c1cccs1. The van der Waals surface area contributed by atoms with Gasteiger partial charge in [-0.2, -0.15) is 0 Å². The van der Waals surface area contributed by atoms with E-state index in [1.807, 2.05) is 0 Å². The number of nitrogens with two attached hydrogens (primary N) is 1. The van der Waals surface area contributed by atoms with Crippen LogP contribution in [0.25, 0.3) is 0 Å². The Kier molecular flexibility index (Phi) is 3.80. The van der Waals surface area contributed by atoms with Gasteiger partial charge in [-0.1, -0.05) is 30.3 Å². The molecule has 2 aliphatic rings. The van der Waals surface area contributed by atoms with Crippen molar-refractivity contribution >= 4 is 21.4 Å². The lowest BCUT2D eigenvalue weighted by molar-refractivity contribution is 0.224. The molecule has 1 saturated carbocycles. The zero-order valence-corrected chi connectivity index (χ0v) is 14.4. The van der Waals surface area contributed by atoms with Crippen LogP contribution in [0.15, 0.2) is 46.0 Å². The molecule has 1 aromatic carbocycles. The van der Waals surface area contributed by atoms with Crippen LogP contribution < -0.4 is 5.84 Å². The number of thiophene rings is 1. The minimum absolute atomic E-state index is 0.102. The fourth-order valence-corrected chi connectivity index (χ4v) is 6.69. The number of benzene rings is 1. The smallest absolute Gasteiger partial charge is 0.254 e. The number of hydrazine groups is 1. The Labute approximate surface area is 141 Å². The van der Waals surface area contributed by atoms with Gasteiger partial charge in [-0.25, -0.2) is 8.42 Å². The largest absolute Gasteiger partial charge is 0.265 e. The van der Waals surface area contributed by atoms with Gasteiger partial charge in [0.1, 0.15) is 4.21 Å². The molecule has 1 heterocycles. The fraction of sp³-hybridized carbons (Fsp3) is 0.412. The zero-order chi connectivity index (χ0) is 16.0. The first kappa shape index (κ1) is 15.3. The molecule has 1 fully saturated rings. The Morgan fingerprint density at radius 3 is 2.13 bits per heavy atom. The van der Waals surface area contributed by atoms with E-state index < -0.39 is 10.0 Å². The summed E-state index contributed by atoms with van der Waals surface area (Å²) in [7, 11) is -3.60. The maximum Gasteiger partial charge on any atom is 0.265 e. The summed E-state index contributed by atoms with van der Waals surface area (Å²) in [5, 5.41) is 1.78. The molecule has 1 aromatic heterocycles. The van der Waals surface area contributed by atoms with E-state index in [1.54, 1.807) is 17.5 Å². The number of hydrogen-bond acceptors (Lipinski definition) is 4. The lowest BCUT2D eigenvalue weighted by Gasteiger charge is -2.30. The molecule has 6 heteroatoms. The second-order valence-electron chi connectivity index (χ2n) is 6.53. The van der Waals surface area contributed by atoms with Gasteiger partial charge in [0.2, 0.25) is 0 Å².